The number of para-hydroxylation sites is 2. The molecule has 0 bridgehead atoms. The van der Waals surface area contributed by atoms with E-state index in [1.807, 2.05) is 0 Å². The fraction of sp³-hybridized carbons (Fsp3) is 0. The molecule has 0 radical (unpaired) electrons. The van der Waals surface area contributed by atoms with Crippen LogP contribution in [0.2, 0.25) is 0 Å². The van der Waals surface area contributed by atoms with E-state index in [1.54, 1.807) is 0 Å². The van der Waals surface area contributed by atoms with E-state index in [0.717, 1.165) is 28.3 Å². The van der Waals surface area contributed by atoms with Gasteiger partial charge in [-0.2, -0.15) is 0 Å². The quantitative estimate of drug-likeness (QED) is 0.145. The van der Waals surface area contributed by atoms with Gasteiger partial charge in [-0.3, -0.25) is 0 Å². The number of benzene rings is 13. The molecule has 72 heavy (non-hydrogen) atoms. The van der Waals surface area contributed by atoms with Gasteiger partial charge in [-0.15, -0.1) is 0 Å². The lowest BCUT2D eigenvalue weighted by atomic mass is 9.87. The van der Waals surface area contributed by atoms with Gasteiger partial charge >= 0.3 is 0 Å². The maximum Gasteiger partial charge on any atom is 0.0547 e. The highest BCUT2D eigenvalue weighted by atomic mass is 15.1. The van der Waals surface area contributed by atoms with E-state index in [1.165, 1.54) is 114 Å². The number of rotatable bonds is 7. The Balaban J connectivity index is 0.977. The molecular weight excluding hydrogens is 869 g/mol. The summed E-state index contributed by atoms with van der Waals surface area (Å²) in [6.45, 7) is 0. The van der Waals surface area contributed by atoms with Gasteiger partial charge in [-0.1, -0.05) is 206 Å². The molecule has 0 saturated carbocycles. The smallest absolute Gasteiger partial charge is 0.0547 e. The van der Waals surface area contributed by atoms with Gasteiger partial charge in [-0.25, -0.2) is 0 Å². The second kappa shape index (κ2) is 16.0. The predicted molar refractivity (Wildman–Crippen MR) is 308 cm³/mol. The number of anilines is 3. The highest BCUT2D eigenvalue weighted by Crippen LogP contribution is 2.47. The molecule has 14 aromatic carbocycles. The minimum Gasteiger partial charge on any atom is -0.310 e. The fourth-order valence-corrected chi connectivity index (χ4v) is 12.1. The van der Waals surface area contributed by atoms with Crippen LogP contribution in [0.25, 0.3) is 126 Å². The first-order chi connectivity index (χ1) is 35.7. The molecule has 2 heteroatoms. The molecule has 0 unspecified atom stereocenters. The third-order valence-corrected chi connectivity index (χ3v) is 15.2. The van der Waals surface area contributed by atoms with Gasteiger partial charge in [0, 0.05) is 33.5 Å². The van der Waals surface area contributed by atoms with Crippen LogP contribution in [0.1, 0.15) is 0 Å². The second-order valence-electron chi connectivity index (χ2n) is 19.2. The highest BCUT2D eigenvalue weighted by Gasteiger charge is 2.22. The summed E-state index contributed by atoms with van der Waals surface area (Å²) in [5.74, 6) is 0. The molecule has 0 N–H and O–H groups in total. The van der Waals surface area contributed by atoms with Crippen LogP contribution in [-0.4, -0.2) is 4.57 Å². The zero-order valence-corrected chi connectivity index (χ0v) is 39.3. The molecular formula is C70H44N2. The van der Waals surface area contributed by atoms with E-state index in [9.17, 15) is 0 Å². The molecule has 334 valence electrons. The van der Waals surface area contributed by atoms with Gasteiger partial charge < -0.3 is 9.47 Å². The first-order valence-corrected chi connectivity index (χ1v) is 24.9. The number of hydrogen-bond donors (Lipinski definition) is 0. The van der Waals surface area contributed by atoms with Crippen LogP contribution in [0.5, 0.6) is 0 Å². The van der Waals surface area contributed by atoms with Crippen molar-refractivity contribution in [3.05, 3.63) is 267 Å². The van der Waals surface area contributed by atoms with Crippen molar-refractivity contribution >= 4 is 104 Å². The monoisotopic (exact) mass is 912 g/mol. The topological polar surface area (TPSA) is 8.17 Å². The van der Waals surface area contributed by atoms with Crippen molar-refractivity contribution in [1.29, 1.82) is 0 Å². The first-order valence-electron chi connectivity index (χ1n) is 24.9. The summed E-state index contributed by atoms with van der Waals surface area (Å²) in [5.41, 5.74) is 14.0. The molecule has 15 aromatic rings. The predicted octanol–water partition coefficient (Wildman–Crippen LogP) is 19.6. The Hall–Kier alpha value is -9.50. The number of aromatic nitrogens is 1. The molecule has 0 aliphatic heterocycles. The third-order valence-electron chi connectivity index (χ3n) is 15.2. The van der Waals surface area contributed by atoms with Crippen LogP contribution in [0, 0.1) is 0 Å². The van der Waals surface area contributed by atoms with Crippen LogP contribution in [0.15, 0.2) is 267 Å². The van der Waals surface area contributed by atoms with Gasteiger partial charge in [0.25, 0.3) is 0 Å². The van der Waals surface area contributed by atoms with Gasteiger partial charge in [0.05, 0.1) is 11.0 Å². The summed E-state index contributed by atoms with van der Waals surface area (Å²) in [4.78, 5) is 2.47. The van der Waals surface area contributed by atoms with Gasteiger partial charge in [0.1, 0.15) is 0 Å². The highest BCUT2D eigenvalue weighted by molar-refractivity contribution is 6.37. The minimum absolute atomic E-state index is 1.08. The zero-order chi connectivity index (χ0) is 47.3. The zero-order valence-electron chi connectivity index (χ0n) is 39.3. The van der Waals surface area contributed by atoms with Crippen LogP contribution in [-0.2, 0) is 0 Å². The number of fused-ring (bicyclic) bond motifs is 5. The van der Waals surface area contributed by atoms with Crippen LogP contribution in [0.3, 0.4) is 0 Å². The Labute approximate surface area is 416 Å². The summed E-state index contributed by atoms with van der Waals surface area (Å²) in [5, 5.41) is 17.7. The molecule has 0 saturated heterocycles. The Morgan fingerprint density at radius 1 is 0.236 bits per heavy atom. The standard InChI is InChI=1S/C70H44N2/c1-3-14-45(15-4-1)46-30-32-47(33-31-46)48-38-40-55(41-39-48)71(56-22-9-19-52(42-56)58-24-13-29-65-70(58)62-23-7-8-28-64(62)72(65)54-20-5-2-6-21-54)57-43-53-37-36-51-17-11-26-60-59-25-10-16-49-34-35-50-18-12-27-61(68(50)66(49)59)63(44-57)69(53)67(51)60/h1-44H. The van der Waals surface area contributed by atoms with E-state index in [2.05, 4.69) is 276 Å². The van der Waals surface area contributed by atoms with E-state index >= 15 is 0 Å². The molecule has 2 nitrogen and oxygen atoms in total. The van der Waals surface area contributed by atoms with Crippen molar-refractivity contribution < 1.29 is 0 Å². The fourth-order valence-electron chi connectivity index (χ4n) is 12.1. The molecule has 0 atom stereocenters. The summed E-state index contributed by atoms with van der Waals surface area (Å²) in [7, 11) is 0. The SMILES string of the molecule is c1ccc(-c2ccc(-c3ccc(N(c4cccc(-c5cccc6c5c5ccccc5n6-c5ccccc5)c4)c4cc5ccc6cccc7c8cccc9ccc%10cccc(c(c4)c5c67)c%10c98)cc3)cc2)cc1. The Morgan fingerprint density at radius 3 is 1.36 bits per heavy atom. The van der Waals surface area contributed by atoms with Gasteiger partial charge in [0.15, 0.2) is 0 Å². The summed E-state index contributed by atoms with van der Waals surface area (Å²) < 4.78 is 2.40. The van der Waals surface area contributed by atoms with Crippen molar-refractivity contribution in [3.63, 3.8) is 0 Å². The number of hydrogen-bond acceptors (Lipinski definition) is 1. The van der Waals surface area contributed by atoms with Gasteiger partial charge in [-0.05, 0) is 159 Å². The summed E-state index contributed by atoms with van der Waals surface area (Å²) in [6.07, 6.45) is 0. The lowest BCUT2D eigenvalue weighted by Gasteiger charge is -2.27. The normalized spacial score (nSPS) is 11.9. The Bertz CT molecular complexity index is 4580. The van der Waals surface area contributed by atoms with E-state index in [-0.39, 0.29) is 0 Å². The maximum atomic E-state index is 2.47. The largest absolute Gasteiger partial charge is 0.310 e. The molecule has 0 spiro atoms. The van der Waals surface area contributed by atoms with Crippen molar-refractivity contribution in [2.24, 2.45) is 0 Å². The summed E-state index contributed by atoms with van der Waals surface area (Å²) >= 11 is 0. The molecule has 0 amide bonds. The molecule has 15 rings (SSSR count). The van der Waals surface area contributed by atoms with E-state index < -0.39 is 0 Å². The van der Waals surface area contributed by atoms with Crippen molar-refractivity contribution in [2.45, 2.75) is 0 Å². The van der Waals surface area contributed by atoms with Crippen LogP contribution >= 0.6 is 0 Å². The summed E-state index contributed by atoms with van der Waals surface area (Å²) in [6, 6.07) is 98.8. The van der Waals surface area contributed by atoms with Crippen molar-refractivity contribution in [2.75, 3.05) is 4.90 Å². The molecule has 0 aliphatic rings. The van der Waals surface area contributed by atoms with Crippen LogP contribution < -0.4 is 4.90 Å². The molecule has 0 aliphatic carbocycles. The van der Waals surface area contributed by atoms with E-state index in [0.29, 0.717) is 0 Å². The molecule has 0 fully saturated rings. The Kier molecular flexibility index (Phi) is 8.99. The average Bonchev–Trinajstić information content (AvgIpc) is 3.79. The number of nitrogens with zero attached hydrogens (tertiary/aromatic N) is 2. The third kappa shape index (κ3) is 6.22. The van der Waals surface area contributed by atoms with Crippen molar-refractivity contribution in [3.8, 4) is 39.1 Å². The molecule has 1 heterocycles. The lowest BCUT2D eigenvalue weighted by Crippen LogP contribution is -2.10. The lowest BCUT2D eigenvalue weighted by molar-refractivity contribution is 1.18. The average molecular weight is 913 g/mol. The Morgan fingerprint density at radius 2 is 0.708 bits per heavy atom. The van der Waals surface area contributed by atoms with Crippen LogP contribution in [0.4, 0.5) is 17.1 Å². The maximum absolute atomic E-state index is 2.47. The minimum atomic E-state index is 1.08. The van der Waals surface area contributed by atoms with Gasteiger partial charge in [0.2, 0.25) is 0 Å². The molecule has 1 aromatic heterocycles. The first kappa shape index (κ1) is 40.4. The van der Waals surface area contributed by atoms with Crippen molar-refractivity contribution in [1.82, 2.24) is 4.57 Å². The van der Waals surface area contributed by atoms with E-state index in [4.69, 9.17) is 0 Å². The second-order valence-corrected chi connectivity index (χ2v) is 19.2.